The molecule has 3 rings (SSSR count). The largest absolute Gasteiger partial charge is 0.297 e. The highest BCUT2D eigenvalue weighted by molar-refractivity contribution is 6.32. The van der Waals surface area contributed by atoms with Crippen molar-refractivity contribution >= 4 is 29.2 Å². The molecule has 0 saturated carbocycles. The fraction of sp³-hybridized carbons (Fsp3) is 0. The molecule has 7 heteroatoms. The Morgan fingerprint density at radius 2 is 2.10 bits per heavy atom. The number of fused-ring (bicyclic) bond motifs is 1. The number of benzene rings is 1. The second kappa shape index (κ2) is 4.99. The molecule has 2 heterocycles. The number of carbonyl (C=O) groups is 1. The summed E-state index contributed by atoms with van der Waals surface area (Å²) in [6.45, 7) is 0. The van der Waals surface area contributed by atoms with Crippen LogP contribution < -0.4 is 0 Å². The Labute approximate surface area is 123 Å². The van der Waals surface area contributed by atoms with Gasteiger partial charge in [-0.05, 0) is 18.2 Å². The number of carbonyl (C=O) groups excluding carboxylic acids is 1. The van der Waals surface area contributed by atoms with Crippen LogP contribution in [0.3, 0.4) is 0 Å². The molecule has 0 unspecified atom stereocenters. The van der Waals surface area contributed by atoms with Crippen LogP contribution in [0.5, 0.6) is 0 Å². The highest BCUT2D eigenvalue weighted by Gasteiger charge is 2.18. The van der Waals surface area contributed by atoms with Gasteiger partial charge in [0.25, 0.3) is 5.69 Å². The maximum atomic E-state index is 11.3. The summed E-state index contributed by atoms with van der Waals surface area (Å²) in [5, 5.41) is 11.0. The van der Waals surface area contributed by atoms with Crippen molar-refractivity contribution in [1.29, 1.82) is 0 Å². The molecule has 0 spiro atoms. The Morgan fingerprint density at radius 3 is 2.81 bits per heavy atom. The Balaban J connectivity index is 2.27. The van der Waals surface area contributed by atoms with Crippen LogP contribution in [0.15, 0.2) is 42.6 Å². The first-order valence-electron chi connectivity index (χ1n) is 5.98. The van der Waals surface area contributed by atoms with E-state index < -0.39 is 4.92 Å². The summed E-state index contributed by atoms with van der Waals surface area (Å²) in [7, 11) is 0. The highest BCUT2D eigenvalue weighted by atomic mass is 35.5. The SMILES string of the molecule is O=Cc1c(-c2ccc(Cl)c([N+](=O)[O-])c2)nc2ccccn12. The van der Waals surface area contributed by atoms with Crippen LogP contribution in [0.25, 0.3) is 16.9 Å². The summed E-state index contributed by atoms with van der Waals surface area (Å²) in [6.07, 6.45) is 2.38. The molecular formula is C14H8ClN3O3. The average molecular weight is 302 g/mol. The van der Waals surface area contributed by atoms with E-state index in [0.717, 1.165) is 0 Å². The van der Waals surface area contributed by atoms with Crippen molar-refractivity contribution in [3.63, 3.8) is 0 Å². The first-order chi connectivity index (χ1) is 10.1. The number of nitrogens with zero attached hydrogens (tertiary/aromatic N) is 3. The zero-order valence-corrected chi connectivity index (χ0v) is 11.3. The number of hydrogen-bond donors (Lipinski definition) is 0. The molecule has 6 nitrogen and oxygen atoms in total. The first-order valence-corrected chi connectivity index (χ1v) is 6.36. The lowest BCUT2D eigenvalue weighted by Crippen LogP contribution is -1.93. The molecule has 104 valence electrons. The number of halogens is 1. The van der Waals surface area contributed by atoms with Gasteiger partial charge in [-0.3, -0.25) is 19.3 Å². The van der Waals surface area contributed by atoms with Gasteiger partial charge in [0.2, 0.25) is 0 Å². The number of imidazole rings is 1. The zero-order valence-electron chi connectivity index (χ0n) is 10.6. The normalized spacial score (nSPS) is 10.7. The average Bonchev–Trinajstić information content (AvgIpc) is 2.85. The van der Waals surface area contributed by atoms with E-state index >= 15 is 0 Å². The summed E-state index contributed by atoms with van der Waals surface area (Å²) in [6, 6.07) is 9.66. The van der Waals surface area contributed by atoms with Gasteiger partial charge >= 0.3 is 0 Å². The van der Waals surface area contributed by atoms with Crippen LogP contribution in [0.4, 0.5) is 5.69 Å². The van der Waals surface area contributed by atoms with Gasteiger partial charge in [-0.1, -0.05) is 23.7 Å². The maximum Gasteiger partial charge on any atom is 0.288 e. The predicted molar refractivity (Wildman–Crippen MR) is 77.7 cm³/mol. The molecule has 0 bridgehead atoms. The second-order valence-corrected chi connectivity index (χ2v) is 4.72. The number of aldehydes is 1. The van der Waals surface area contributed by atoms with Crippen molar-refractivity contribution in [2.45, 2.75) is 0 Å². The van der Waals surface area contributed by atoms with Crippen LogP contribution >= 0.6 is 11.6 Å². The lowest BCUT2D eigenvalue weighted by Gasteiger charge is -2.00. The Hall–Kier alpha value is -2.73. The van der Waals surface area contributed by atoms with Crippen molar-refractivity contribution in [2.75, 3.05) is 0 Å². The van der Waals surface area contributed by atoms with Crippen molar-refractivity contribution in [3.05, 3.63) is 63.4 Å². The summed E-state index contributed by atoms with van der Waals surface area (Å²) >= 11 is 5.79. The van der Waals surface area contributed by atoms with E-state index in [1.165, 1.54) is 12.1 Å². The van der Waals surface area contributed by atoms with E-state index in [4.69, 9.17) is 11.6 Å². The fourth-order valence-corrected chi connectivity index (χ4v) is 2.33. The maximum absolute atomic E-state index is 11.3. The number of rotatable bonds is 3. The van der Waals surface area contributed by atoms with Gasteiger partial charge in [-0.2, -0.15) is 0 Å². The molecule has 3 aromatic rings. The molecule has 0 radical (unpaired) electrons. The van der Waals surface area contributed by atoms with E-state index in [0.29, 0.717) is 28.9 Å². The van der Waals surface area contributed by atoms with E-state index in [1.807, 2.05) is 0 Å². The lowest BCUT2D eigenvalue weighted by atomic mass is 10.1. The smallest absolute Gasteiger partial charge is 0.288 e. The fourth-order valence-electron chi connectivity index (χ4n) is 2.14. The Morgan fingerprint density at radius 1 is 1.29 bits per heavy atom. The number of hydrogen-bond acceptors (Lipinski definition) is 4. The van der Waals surface area contributed by atoms with E-state index in [9.17, 15) is 14.9 Å². The van der Waals surface area contributed by atoms with Gasteiger partial charge in [0.1, 0.15) is 22.1 Å². The predicted octanol–water partition coefficient (Wildman–Crippen LogP) is 3.38. The minimum Gasteiger partial charge on any atom is -0.297 e. The van der Waals surface area contributed by atoms with Crippen LogP contribution in [0.1, 0.15) is 10.5 Å². The molecule has 0 N–H and O–H groups in total. The molecule has 0 aliphatic carbocycles. The van der Waals surface area contributed by atoms with Crippen molar-refractivity contribution in [3.8, 4) is 11.3 Å². The van der Waals surface area contributed by atoms with Gasteiger partial charge in [0, 0.05) is 17.8 Å². The number of nitro benzene ring substituents is 1. The topological polar surface area (TPSA) is 77.5 Å². The molecule has 0 saturated heterocycles. The van der Waals surface area contributed by atoms with Crippen LogP contribution in [-0.2, 0) is 0 Å². The van der Waals surface area contributed by atoms with Crippen LogP contribution in [0.2, 0.25) is 5.02 Å². The molecule has 0 aliphatic rings. The van der Waals surface area contributed by atoms with E-state index in [1.54, 1.807) is 34.9 Å². The number of nitro groups is 1. The summed E-state index contributed by atoms with van der Waals surface area (Å²) < 4.78 is 1.63. The minimum atomic E-state index is -0.567. The van der Waals surface area contributed by atoms with E-state index in [-0.39, 0.29) is 10.7 Å². The van der Waals surface area contributed by atoms with Crippen molar-refractivity contribution in [1.82, 2.24) is 9.38 Å². The third kappa shape index (κ3) is 2.15. The van der Waals surface area contributed by atoms with Crippen LogP contribution in [-0.4, -0.2) is 20.6 Å². The monoisotopic (exact) mass is 301 g/mol. The minimum absolute atomic E-state index is 0.0418. The number of aromatic nitrogens is 2. The van der Waals surface area contributed by atoms with Crippen molar-refractivity contribution in [2.24, 2.45) is 0 Å². The third-order valence-electron chi connectivity index (χ3n) is 3.09. The van der Waals surface area contributed by atoms with Gasteiger partial charge in [-0.25, -0.2) is 4.98 Å². The lowest BCUT2D eigenvalue weighted by molar-refractivity contribution is -0.384. The molecular weight excluding hydrogens is 294 g/mol. The first kappa shape index (κ1) is 13.3. The standard InChI is InChI=1S/C14H8ClN3O3/c15-10-5-4-9(7-11(10)18(20)21)14-12(8-19)17-6-2-1-3-13(17)16-14/h1-8H. The molecule has 0 amide bonds. The zero-order chi connectivity index (χ0) is 15.0. The van der Waals surface area contributed by atoms with Crippen LogP contribution in [0, 0.1) is 10.1 Å². The third-order valence-corrected chi connectivity index (χ3v) is 3.41. The molecule has 1 aromatic carbocycles. The molecule has 0 atom stereocenters. The molecule has 21 heavy (non-hydrogen) atoms. The summed E-state index contributed by atoms with van der Waals surface area (Å²) in [4.78, 5) is 26.1. The van der Waals surface area contributed by atoms with E-state index in [2.05, 4.69) is 4.98 Å². The van der Waals surface area contributed by atoms with Gasteiger partial charge in [0.15, 0.2) is 6.29 Å². The van der Waals surface area contributed by atoms with Gasteiger partial charge < -0.3 is 0 Å². The van der Waals surface area contributed by atoms with Gasteiger partial charge in [-0.15, -0.1) is 0 Å². The Bertz CT molecular complexity index is 873. The summed E-state index contributed by atoms with van der Waals surface area (Å²) in [5.41, 5.74) is 1.56. The Kier molecular flexibility index (Phi) is 3.15. The number of pyridine rings is 1. The highest BCUT2D eigenvalue weighted by Crippen LogP contribution is 2.31. The second-order valence-electron chi connectivity index (χ2n) is 4.32. The molecule has 0 aliphatic heterocycles. The van der Waals surface area contributed by atoms with Gasteiger partial charge in [0.05, 0.1) is 4.92 Å². The molecule has 0 fully saturated rings. The van der Waals surface area contributed by atoms with Crippen molar-refractivity contribution < 1.29 is 9.72 Å². The molecule has 2 aromatic heterocycles. The summed E-state index contributed by atoms with van der Waals surface area (Å²) in [5.74, 6) is 0. The quantitative estimate of drug-likeness (QED) is 0.422.